The molecule has 0 bridgehead atoms. The van der Waals surface area contributed by atoms with Crippen LogP contribution in [0.2, 0.25) is 0 Å². The number of anilines is 1. The second-order valence-corrected chi connectivity index (χ2v) is 5.43. The van der Waals surface area contributed by atoms with Crippen LogP contribution in [-0.2, 0) is 0 Å². The Balaban J connectivity index is 2.17. The second-order valence-electron chi connectivity index (χ2n) is 4.51. The summed E-state index contributed by atoms with van der Waals surface area (Å²) >= 11 is 3.46. The summed E-state index contributed by atoms with van der Waals surface area (Å²) in [6.07, 6.45) is 0. The van der Waals surface area contributed by atoms with Crippen molar-refractivity contribution in [2.45, 2.75) is 0 Å². The molecule has 0 radical (unpaired) electrons. The first-order chi connectivity index (χ1) is 10.2. The van der Waals surface area contributed by atoms with Gasteiger partial charge >= 0.3 is 0 Å². The zero-order valence-electron chi connectivity index (χ0n) is 11.3. The predicted octanol–water partition coefficient (Wildman–Crippen LogP) is 4.36. The SMILES string of the molecule is COc1cccc(-c2noc(N)c2-c2cccc(Br)c2)c1. The first kappa shape index (κ1) is 13.7. The third-order valence-corrected chi connectivity index (χ3v) is 3.67. The molecule has 0 aliphatic heterocycles. The minimum Gasteiger partial charge on any atom is -0.497 e. The molecule has 0 amide bonds. The van der Waals surface area contributed by atoms with Crippen molar-refractivity contribution in [1.82, 2.24) is 5.16 Å². The van der Waals surface area contributed by atoms with Crippen LogP contribution < -0.4 is 10.5 Å². The van der Waals surface area contributed by atoms with E-state index >= 15 is 0 Å². The van der Waals surface area contributed by atoms with Gasteiger partial charge < -0.3 is 15.0 Å². The van der Waals surface area contributed by atoms with Crippen LogP contribution in [0, 0.1) is 0 Å². The number of benzene rings is 2. The molecule has 0 spiro atoms. The summed E-state index contributed by atoms with van der Waals surface area (Å²) in [6, 6.07) is 15.5. The van der Waals surface area contributed by atoms with E-state index in [1.165, 1.54) is 0 Å². The van der Waals surface area contributed by atoms with Crippen molar-refractivity contribution in [3.63, 3.8) is 0 Å². The fourth-order valence-corrected chi connectivity index (χ4v) is 2.59. The summed E-state index contributed by atoms with van der Waals surface area (Å²) in [5.41, 5.74) is 9.27. The minimum atomic E-state index is 0.297. The Labute approximate surface area is 130 Å². The highest BCUT2D eigenvalue weighted by atomic mass is 79.9. The van der Waals surface area contributed by atoms with Gasteiger partial charge in [-0.15, -0.1) is 0 Å². The number of methoxy groups -OCH3 is 1. The normalized spacial score (nSPS) is 10.6. The maximum absolute atomic E-state index is 5.96. The van der Waals surface area contributed by atoms with E-state index in [4.69, 9.17) is 15.0 Å². The van der Waals surface area contributed by atoms with Crippen LogP contribution in [0.4, 0.5) is 5.88 Å². The largest absolute Gasteiger partial charge is 0.497 e. The van der Waals surface area contributed by atoms with Gasteiger partial charge in [-0.05, 0) is 29.8 Å². The summed E-state index contributed by atoms with van der Waals surface area (Å²) in [7, 11) is 1.63. The number of nitrogens with two attached hydrogens (primary N) is 1. The Hall–Kier alpha value is -2.27. The van der Waals surface area contributed by atoms with Crippen molar-refractivity contribution in [3.8, 4) is 28.1 Å². The van der Waals surface area contributed by atoms with Gasteiger partial charge in [0.05, 0.1) is 12.7 Å². The highest BCUT2D eigenvalue weighted by Crippen LogP contribution is 2.37. The molecule has 2 N–H and O–H groups in total. The molecule has 0 saturated heterocycles. The molecule has 0 unspecified atom stereocenters. The first-order valence-electron chi connectivity index (χ1n) is 6.34. The zero-order chi connectivity index (χ0) is 14.8. The highest BCUT2D eigenvalue weighted by molar-refractivity contribution is 9.10. The molecule has 5 heteroatoms. The molecule has 0 aliphatic rings. The second kappa shape index (κ2) is 5.61. The highest BCUT2D eigenvalue weighted by Gasteiger charge is 2.17. The van der Waals surface area contributed by atoms with Crippen LogP contribution in [0.3, 0.4) is 0 Å². The van der Waals surface area contributed by atoms with Crippen LogP contribution in [0.25, 0.3) is 22.4 Å². The van der Waals surface area contributed by atoms with E-state index in [9.17, 15) is 0 Å². The van der Waals surface area contributed by atoms with Crippen LogP contribution in [0.15, 0.2) is 57.5 Å². The average molecular weight is 345 g/mol. The molecule has 1 aromatic heterocycles. The molecule has 21 heavy (non-hydrogen) atoms. The van der Waals surface area contributed by atoms with Crippen LogP contribution in [0.5, 0.6) is 5.75 Å². The predicted molar refractivity (Wildman–Crippen MR) is 86.0 cm³/mol. The number of halogens is 1. The van der Waals surface area contributed by atoms with Gasteiger partial charge in [-0.25, -0.2) is 0 Å². The van der Waals surface area contributed by atoms with E-state index in [2.05, 4.69) is 21.1 Å². The molecule has 2 aromatic carbocycles. The topological polar surface area (TPSA) is 61.3 Å². The van der Waals surface area contributed by atoms with Crippen molar-refractivity contribution in [3.05, 3.63) is 53.0 Å². The van der Waals surface area contributed by atoms with Crippen molar-refractivity contribution in [2.24, 2.45) is 0 Å². The number of rotatable bonds is 3. The number of nitrogen functional groups attached to an aromatic ring is 1. The van der Waals surface area contributed by atoms with Crippen LogP contribution in [-0.4, -0.2) is 12.3 Å². The van der Waals surface area contributed by atoms with Gasteiger partial charge in [-0.3, -0.25) is 0 Å². The molecule has 1 heterocycles. The lowest BCUT2D eigenvalue weighted by molar-refractivity contribution is 0.415. The summed E-state index contributed by atoms with van der Waals surface area (Å²) in [5.74, 6) is 1.06. The number of nitrogens with zero attached hydrogens (tertiary/aromatic N) is 1. The molecule has 106 valence electrons. The Bertz CT molecular complexity index is 783. The molecular weight excluding hydrogens is 332 g/mol. The fourth-order valence-electron chi connectivity index (χ4n) is 2.19. The maximum atomic E-state index is 5.96. The van der Waals surface area contributed by atoms with Gasteiger partial charge in [0.2, 0.25) is 5.88 Å². The van der Waals surface area contributed by atoms with Crippen molar-refractivity contribution in [1.29, 1.82) is 0 Å². The molecule has 0 aliphatic carbocycles. The van der Waals surface area contributed by atoms with Crippen molar-refractivity contribution in [2.75, 3.05) is 12.8 Å². The Morgan fingerprint density at radius 1 is 1.10 bits per heavy atom. The monoisotopic (exact) mass is 344 g/mol. The minimum absolute atomic E-state index is 0.297. The van der Waals surface area contributed by atoms with Crippen LogP contribution in [0.1, 0.15) is 0 Å². The van der Waals surface area contributed by atoms with E-state index in [-0.39, 0.29) is 0 Å². The lowest BCUT2D eigenvalue weighted by Crippen LogP contribution is -1.89. The standard InChI is InChI=1S/C16H13BrN2O2/c1-20-13-7-3-5-11(9-13)15-14(16(18)21-19-15)10-4-2-6-12(17)8-10/h2-9H,18H2,1H3. The number of hydrogen-bond donors (Lipinski definition) is 1. The lowest BCUT2D eigenvalue weighted by Gasteiger charge is -2.05. The van der Waals surface area contributed by atoms with Crippen LogP contribution >= 0.6 is 15.9 Å². The van der Waals surface area contributed by atoms with Crippen molar-refractivity contribution >= 4 is 21.8 Å². The smallest absolute Gasteiger partial charge is 0.230 e. The van der Waals surface area contributed by atoms with Gasteiger partial charge in [0.1, 0.15) is 11.4 Å². The molecule has 3 aromatic rings. The van der Waals surface area contributed by atoms with E-state index < -0.39 is 0 Å². The third kappa shape index (κ3) is 2.64. The molecule has 0 saturated carbocycles. The van der Waals surface area contributed by atoms with Gasteiger partial charge in [0.15, 0.2) is 0 Å². The Kier molecular flexibility index (Phi) is 3.66. The molecule has 4 nitrogen and oxygen atoms in total. The van der Waals surface area contributed by atoms with E-state index in [0.29, 0.717) is 11.6 Å². The fraction of sp³-hybridized carbons (Fsp3) is 0.0625. The quantitative estimate of drug-likeness (QED) is 0.766. The first-order valence-corrected chi connectivity index (χ1v) is 7.14. The average Bonchev–Trinajstić information content (AvgIpc) is 2.89. The molecule has 0 atom stereocenters. The summed E-state index contributed by atoms with van der Waals surface area (Å²) < 4.78 is 11.4. The van der Waals surface area contributed by atoms with Gasteiger partial charge in [-0.2, -0.15) is 0 Å². The van der Waals surface area contributed by atoms with E-state index in [0.717, 1.165) is 26.9 Å². The van der Waals surface area contributed by atoms with E-state index in [1.807, 2.05) is 48.5 Å². The third-order valence-electron chi connectivity index (χ3n) is 3.17. The summed E-state index contributed by atoms with van der Waals surface area (Å²) in [6.45, 7) is 0. The Morgan fingerprint density at radius 3 is 2.62 bits per heavy atom. The Morgan fingerprint density at radius 2 is 1.86 bits per heavy atom. The zero-order valence-corrected chi connectivity index (χ0v) is 12.9. The van der Waals surface area contributed by atoms with Gasteiger partial charge in [0.25, 0.3) is 0 Å². The molecular formula is C16H13BrN2O2. The number of hydrogen-bond acceptors (Lipinski definition) is 4. The van der Waals surface area contributed by atoms with E-state index in [1.54, 1.807) is 7.11 Å². The molecule has 3 rings (SSSR count). The lowest BCUT2D eigenvalue weighted by atomic mass is 10.0. The summed E-state index contributed by atoms with van der Waals surface area (Å²) in [5, 5.41) is 4.10. The number of ether oxygens (including phenoxy) is 1. The summed E-state index contributed by atoms with van der Waals surface area (Å²) in [4.78, 5) is 0. The van der Waals surface area contributed by atoms with Gasteiger partial charge in [-0.1, -0.05) is 45.4 Å². The number of aromatic nitrogens is 1. The van der Waals surface area contributed by atoms with Crippen molar-refractivity contribution < 1.29 is 9.26 Å². The molecule has 0 fully saturated rings. The maximum Gasteiger partial charge on any atom is 0.230 e. The van der Waals surface area contributed by atoms with Gasteiger partial charge in [0, 0.05) is 10.0 Å².